The number of aliphatic hydroxyl groups excluding tert-OH is 2. The molecule has 3 N–H and O–H groups in total. The molecule has 0 aromatic heterocycles. The Morgan fingerprint density at radius 3 is 0.933 bits per heavy atom. The first-order valence-corrected chi connectivity index (χ1v) is 30.8. The monoisotopic (exact) mass is 1030 g/mol. The lowest BCUT2D eigenvalue weighted by atomic mass is 10.0. The Morgan fingerprint density at radius 2 is 0.600 bits per heavy atom. The summed E-state index contributed by atoms with van der Waals surface area (Å²) in [5, 5.41) is 23.1. The summed E-state index contributed by atoms with van der Waals surface area (Å²) in [5.74, 6) is -0.116. The Labute approximate surface area is 464 Å². The van der Waals surface area contributed by atoms with Gasteiger partial charge in [0.1, 0.15) is 0 Å². The lowest BCUT2D eigenvalue weighted by molar-refractivity contribution is -0.123. The smallest absolute Gasteiger partial charge is 0.220 e. The Balaban J connectivity index is 3.74. The zero-order chi connectivity index (χ0) is 54.1. The zero-order valence-corrected chi connectivity index (χ0v) is 48.5. The molecule has 0 heterocycles. The van der Waals surface area contributed by atoms with E-state index >= 15 is 0 Å². The summed E-state index contributed by atoms with van der Waals surface area (Å²) in [7, 11) is 0. The molecule has 2 atom stereocenters. The molecule has 0 rings (SSSR count). The molecule has 4 nitrogen and oxygen atoms in total. The van der Waals surface area contributed by atoms with Gasteiger partial charge in [0.15, 0.2) is 0 Å². The second kappa shape index (κ2) is 64.0. The molecule has 1 amide bonds. The molecule has 75 heavy (non-hydrogen) atoms. The lowest BCUT2D eigenvalue weighted by Crippen LogP contribution is -2.45. The van der Waals surface area contributed by atoms with Gasteiger partial charge in [0.2, 0.25) is 5.91 Å². The molecule has 0 aromatic rings. The van der Waals surface area contributed by atoms with Crippen LogP contribution in [0.1, 0.15) is 251 Å². The van der Waals surface area contributed by atoms with Crippen LogP contribution in [0, 0.1) is 0 Å². The molecular formula is C71H115NO3. The average molecular weight is 1030 g/mol. The molecule has 0 radical (unpaired) electrons. The number of rotatable bonds is 54. The standard InChI is InChI=1S/C71H115NO3/c1-3-5-7-9-11-13-15-17-19-21-23-25-27-29-31-32-33-34-35-36-37-38-39-40-41-43-45-47-49-51-53-55-57-59-61-63-65-67-71(75)72-69(68-73)70(74)66-64-62-60-58-56-54-52-50-48-46-44-42-30-28-26-24-22-20-18-16-14-12-10-8-6-4-2/h5,7,11,13,17,19,23,25,29,31,33-34,36-37,39-40,43,45,48-51,55-58,64,66,69-70,73-74H,3-4,6,8-10,12,14-16,18,20-22,24,26-28,30,32,35,38,41-42,44,46-47,52-54,59-63,65,67-68H2,1-2H3,(H,72,75)/b7-5-,13-11-,19-17-,25-23-,31-29-,34-33-,37-36-,40-39-,45-43-,50-48+,51-49-,57-55-,58-56+,66-64+. The Kier molecular flexibility index (Phi) is 60.4. The molecule has 0 saturated heterocycles. The third kappa shape index (κ3) is 60.5. The summed E-state index contributed by atoms with van der Waals surface area (Å²) in [6.45, 7) is 4.17. The molecule has 0 saturated carbocycles. The highest BCUT2D eigenvalue weighted by molar-refractivity contribution is 5.76. The van der Waals surface area contributed by atoms with Crippen LogP contribution in [-0.2, 0) is 4.79 Å². The Morgan fingerprint density at radius 1 is 0.333 bits per heavy atom. The van der Waals surface area contributed by atoms with E-state index in [2.05, 4.69) is 177 Å². The third-order valence-electron chi connectivity index (χ3n) is 12.9. The SMILES string of the molecule is CC/C=C\C/C=C\C/C=C\C/C=C\C/C=C\C/C=C\C/C=C\C/C=C\C/C=C\C/C=C\C/C=C\CCCCCC(=O)NC(CO)C(O)/C=C/CC/C=C/CC/C=C/CCCCCCCCCCCCCCCCCC. The van der Waals surface area contributed by atoms with E-state index < -0.39 is 12.1 Å². The van der Waals surface area contributed by atoms with E-state index in [9.17, 15) is 15.0 Å². The molecule has 0 fully saturated rings. The van der Waals surface area contributed by atoms with Gasteiger partial charge in [-0.2, -0.15) is 0 Å². The minimum atomic E-state index is -0.899. The van der Waals surface area contributed by atoms with E-state index in [4.69, 9.17) is 0 Å². The second-order valence-electron chi connectivity index (χ2n) is 20.0. The van der Waals surface area contributed by atoms with Crippen molar-refractivity contribution in [1.29, 1.82) is 0 Å². The Bertz CT molecular complexity index is 1640. The van der Waals surface area contributed by atoms with Gasteiger partial charge in [0, 0.05) is 6.42 Å². The number of aliphatic hydroxyl groups is 2. The fourth-order valence-electron chi connectivity index (χ4n) is 8.27. The van der Waals surface area contributed by atoms with Gasteiger partial charge in [-0.05, 0) is 128 Å². The van der Waals surface area contributed by atoms with Crippen molar-refractivity contribution in [3.05, 3.63) is 170 Å². The number of amides is 1. The highest BCUT2D eigenvalue weighted by Crippen LogP contribution is 2.15. The largest absolute Gasteiger partial charge is 0.394 e. The van der Waals surface area contributed by atoms with Crippen LogP contribution in [-0.4, -0.2) is 34.9 Å². The van der Waals surface area contributed by atoms with Crippen LogP contribution in [0.2, 0.25) is 0 Å². The number of nitrogens with one attached hydrogen (secondary N) is 1. The maximum absolute atomic E-state index is 12.5. The molecule has 0 aromatic carbocycles. The fourth-order valence-corrected chi connectivity index (χ4v) is 8.27. The highest BCUT2D eigenvalue weighted by atomic mass is 16.3. The molecule has 0 aliphatic heterocycles. The van der Waals surface area contributed by atoms with Crippen molar-refractivity contribution in [3.8, 4) is 0 Å². The number of carbonyl (C=O) groups excluding carboxylic acids is 1. The van der Waals surface area contributed by atoms with Crippen molar-refractivity contribution in [2.75, 3.05) is 6.61 Å². The van der Waals surface area contributed by atoms with Gasteiger partial charge in [-0.3, -0.25) is 4.79 Å². The number of hydrogen-bond acceptors (Lipinski definition) is 3. The van der Waals surface area contributed by atoms with Crippen LogP contribution in [0.5, 0.6) is 0 Å². The van der Waals surface area contributed by atoms with Crippen molar-refractivity contribution in [3.63, 3.8) is 0 Å². The highest BCUT2D eigenvalue weighted by Gasteiger charge is 2.17. The van der Waals surface area contributed by atoms with Gasteiger partial charge in [-0.1, -0.05) is 287 Å². The molecule has 0 aliphatic carbocycles. The predicted molar refractivity (Wildman–Crippen MR) is 335 cm³/mol. The first-order valence-electron chi connectivity index (χ1n) is 30.8. The van der Waals surface area contributed by atoms with Gasteiger partial charge in [-0.25, -0.2) is 0 Å². The predicted octanol–water partition coefficient (Wildman–Crippen LogP) is 21.1. The summed E-state index contributed by atoms with van der Waals surface area (Å²) in [6.07, 6.45) is 104. The molecule has 2 unspecified atom stereocenters. The van der Waals surface area contributed by atoms with Crippen LogP contribution >= 0.6 is 0 Å². The molecule has 0 aliphatic rings. The van der Waals surface area contributed by atoms with Gasteiger partial charge in [0.25, 0.3) is 0 Å². The van der Waals surface area contributed by atoms with Crippen LogP contribution in [0.25, 0.3) is 0 Å². The van der Waals surface area contributed by atoms with Crippen LogP contribution in [0.15, 0.2) is 170 Å². The number of carbonyl (C=O) groups is 1. The minimum Gasteiger partial charge on any atom is -0.394 e. The maximum Gasteiger partial charge on any atom is 0.220 e. The summed E-state index contributed by atoms with van der Waals surface area (Å²) >= 11 is 0. The molecular weight excluding hydrogens is 915 g/mol. The fraction of sp³-hybridized carbons (Fsp3) is 0.592. The number of allylic oxidation sites excluding steroid dienone is 27. The first kappa shape index (κ1) is 70.8. The summed E-state index contributed by atoms with van der Waals surface area (Å²) in [5.41, 5.74) is 0. The van der Waals surface area contributed by atoms with Crippen molar-refractivity contribution in [1.82, 2.24) is 5.32 Å². The molecule has 0 spiro atoms. The lowest BCUT2D eigenvalue weighted by Gasteiger charge is -2.19. The van der Waals surface area contributed by atoms with Crippen LogP contribution in [0.4, 0.5) is 0 Å². The van der Waals surface area contributed by atoms with Gasteiger partial charge < -0.3 is 15.5 Å². The number of hydrogen-bond donors (Lipinski definition) is 3. The maximum atomic E-state index is 12.5. The topological polar surface area (TPSA) is 69.6 Å². The van der Waals surface area contributed by atoms with E-state index in [1.165, 1.54) is 109 Å². The second-order valence-corrected chi connectivity index (χ2v) is 20.0. The number of unbranched alkanes of at least 4 members (excludes halogenated alkanes) is 21. The summed E-state index contributed by atoms with van der Waals surface area (Å²) < 4.78 is 0. The van der Waals surface area contributed by atoms with E-state index in [0.717, 1.165) is 122 Å². The van der Waals surface area contributed by atoms with Crippen molar-refractivity contribution in [2.24, 2.45) is 0 Å². The van der Waals surface area contributed by atoms with E-state index in [1.54, 1.807) is 6.08 Å². The summed E-state index contributed by atoms with van der Waals surface area (Å²) in [6, 6.07) is -0.678. The summed E-state index contributed by atoms with van der Waals surface area (Å²) in [4.78, 5) is 12.5. The van der Waals surface area contributed by atoms with Crippen LogP contribution in [0.3, 0.4) is 0 Å². The van der Waals surface area contributed by atoms with E-state index in [0.29, 0.717) is 6.42 Å². The average Bonchev–Trinajstić information content (AvgIpc) is 3.41. The quantitative estimate of drug-likeness (QED) is 0.0420. The molecule has 0 bridgehead atoms. The van der Waals surface area contributed by atoms with Crippen molar-refractivity contribution in [2.45, 2.75) is 264 Å². The Hall–Kier alpha value is -4.25. The third-order valence-corrected chi connectivity index (χ3v) is 12.9. The van der Waals surface area contributed by atoms with Gasteiger partial charge in [0.05, 0.1) is 18.8 Å². The first-order chi connectivity index (χ1) is 37.2. The molecule has 4 heteroatoms. The zero-order valence-electron chi connectivity index (χ0n) is 48.5. The van der Waals surface area contributed by atoms with Crippen molar-refractivity contribution >= 4 is 5.91 Å². The molecule has 422 valence electrons. The van der Waals surface area contributed by atoms with Gasteiger partial charge in [-0.15, -0.1) is 0 Å². The van der Waals surface area contributed by atoms with Gasteiger partial charge >= 0.3 is 0 Å². The van der Waals surface area contributed by atoms with E-state index in [1.807, 2.05) is 6.08 Å². The van der Waals surface area contributed by atoms with Crippen LogP contribution < -0.4 is 5.32 Å². The normalized spacial score (nSPS) is 14.0. The van der Waals surface area contributed by atoms with E-state index in [-0.39, 0.29) is 12.5 Å². The van der Waals surface area contributed by atoms with Crippen molar-refractivity contribution < 1.29 is 15.0 Å². The minimum absolute atomic E-state index is 0.116.